The van der Waals surface area contributed by atoms with Crippen molar-refractivity contribution in [2.75, 3.05) is 26.9 Å². The third kappa shape index (κ3) is 5.77. The summed E-state index contributed by atoms with van der Waals surface area (Å²) in [4.78, 5) is 10.5. The molecule has 1 rings (SSSR count). The lowest BCUT2D eigenvalue weighted by atomic mass is 10.3. The van der Waals surface area contributed by atoms with Crippen molar-refractivity contribution in [3.05, 3.63) is 24.3 Å². The number of rotatable bonds is 8. The van der Waals surface area contributed by atoms with E-state index in [1.54, 1.807) is 31.4 Å². The molecule has 0 spiro atoms. The summed E-state index contributed by atoms with van der Waals surface area (Å²) in [6, 6.07) is 7.16. The number of carbonyl (C=O) groups is 1. The van der Waals surface area contributed by atoms with E-state index in [0.717, 1.165) is 5.75 Å². The Kier molecular flexibility index (Phi) is 5.88. The van der Waals surface area contributed by atoms with E-state index in [1.165, 1.54) is 0 Å². The molecule has 0 atom stereocenters. The number of carbonyl (C=O) groups excluding carboxylic acids is 1. The van der Waals surface area contributed by atoms with Crippen LogP contribution in [0.3, 0.4) is 0 Å². The van der Waals surface area contributed by atoms with Gasteiger partial charge in [-0.1, -0.05) is 0 Å². The molecule has 0 saturated heterocycles. The van der Waals surface area contributed by atoms with Gasteiger partial charge in [0.1, 0.15) is 18.1 Å². The smallest absolute Gasteiger partial charge is 0.220 e. The Labute approximate surface area is 100 Å². The summed E-state index contributed by atoms with van der Waals surface area (Å²) in [7, 11) is 1.62. The Bertz CT molecular complexity index is 337. The molecule has 0 saturated carbocycles. The predicted molar refractivity (Wildman–Crippen MR) is 63.1 cm³/mol. The minimum absolute atomic E-state index is 0.214. The van der Waals surface area contributed by atoms with Crippen molar-refractivity contribution in [1.82, 2.24) is 0 Å². The zero-order chi connectivity index (χ0) is 12.5. The van der Waals surface area contributed by atoms with Crippen LogP contribution in [0.4, 0.5) is 0 Å². The highest BCUT2D eigenvalue weighted by Gasteiger charge is 1.98. The van der Waals surface area contributed by atoms with E-state index < -0.39 is 0 Å². The molecule has 0 fully saturated rings. The van der Waals surface area contributed by atoms with Crippen LogP contribution in [-0.4, -0.2) is 32.8 Å². The van der Waals surface area contributed by atoms with Crippen LogP contribution in [0.1, 0.15) is 6.42 Å². The van der Waals surface area contributed by atoms with Crippen molar-refractivity contribution in [2.24, 2.45) is 5.73 Å². The predicted octanol–water partition coefficient (Wildman–Crippen LogP) is 0.966. The highest BCUT2D eigenvalue weighted by atomic mass is 16.5. The number of nitrogens with two attached hydrogens (primary N) is 1. The van der Waals surface area contributed by atoms with Gasteiger partial charge >= 0.3 is 0 Å². The molecule has 17 heavy (non-hydrogen) atoms. The molecule has 0 heterocycles. The van der Waals surface area contributed by atoms with Crippen LogP contribution in [-0.2, 0) is 9.53 Å². The van der Waals surface area contributed by atoms with Gasteiger partial charge in [-0.2, -0.15) is 0 Å². The van der Waals surface area contributed by atoms with Crippen molar-refractivity contribution in [1.29, 1.82) is 0 Å². The molecule has 0 aliphatic rings. The number of hydrogen-bond acceptors (Lipinski definition) is 4. The lowest BCUT2D eigenvalue weighted by Gasteiger charge is -2.07. The molecule has 2 N–H and O–H groups in total. The average molecular weight is 239 g/mol. The molecule has 5 nitrogen and oxygen atoms in total. The average Bonchev–Trinajstić information content (AvgIpc) is 2.31. The second-order valence-electron chi connectivity index (χ2n) is 3.38. The number of primary amides is 1. The van der Waals surface area contributed by atoms with Crippen molar-refractivity contribution in [3.8, 4) is 11.5 Å². The van der Waals surface area contributed by atoms with E-state index in [-0.39, 0.29) is 12.3 Å². The number of ether oxygens (including phenoxy) is 3. The molecule has 1 aromatic carbocycles. The van der Waals surface area contributed by atoms with E-state index >= 15 is 0 Å². The second-order valence-corrected chi connectivity index (χ2v) is 3.38. The van der Waals surface area contributed by atoms with E-state index in [0.29, 0.717) is 25.6 Å². The Morgan fingerprint density at radius 1 is 1.06 bits per heavy atom. The molecule has 1 amide bonds. The Morgan fingerprint density at radius 2 is 1.59 bits per heavy atom. The largest absolute Gasteiger partial charge is 0.493 e. The van der Waals surface area contributed by atoms with Crippen molar-refractivity contribution >= 4 is 5.91 Å². The molecular formula is C12H17NO4. The zero-order valence-electron chi connectivity index (χ0n) is 9.85. The van der Waals surface area contributed by atoms with Gasteiger partial charge in [-0.15, -0.1) is 0 Å². The van der Waals surface area contributed by atoms with Gasteiger partial charge < -0.3 is 19.9 Å². The van der Waals surface area contributed by atoms with Crippen LogP contribution in [0.15, 0.2) is 24.3 Å². The summed E-state index contributed by atoms with van der Waals surface area (Å²) in [5.74, 6) is 1.07. The topological polar surface area (TPSA) is 70.8 Å². The lowest BCUT2D eigenvalue weighted by Crippen LogP contribution is -2.14. The Balaban J connectivity index is 2.31. The maximum absolute atomic E-state index is 10.5. The normalized spacial score (nSPS) is 9.94. The van der Waals surface area contributed by atoms with Gasteiger partial charge in [0.05, 0.1) is 19.6 Å². The fourth-order valence-electron chi connectivity index (χ4n) is 1.14. The molecule has 0 bridgehead atoms. The van der Waals surface area contributed by atoms with Gasteiger partial charge in [-0.05, 0) is 24.3 Å². The minimum Gasteiger partial charge on any atom is -0.493 e. The molecule has 1 aromatic rings. The zero-order valence-corrected chi connectivity index (χ0v) is 9.85. The third-order valence-electron chi connectivity index (χ3n) is 2.00. The van der Waals surface area contributed by atoms with Crippen molar-refractivity contribution < 1.29 is 19.0 Å². The summed E-state index contributed by atoms with van der Waals surface area (Å²) < 4.78 is 15.6. The summed E-state index contributed by atoms with van der Waals surface area (Å²) in [5, 5.41) is 0. The van der Waals surface area contributed by atoms with Crippen LogP contribution in [0.25, 0.3) is 0 Å². The van der Waals surface area contributed by atoms with Gasteiger partial charge in [-0.3, -0.25) is 4.79 Å². The maximum atomic E-state index is 10.5. The molecule has 0 unspecified atom stereocenters. The molecule has 5 heteroatoms. The number of hydrogen-bond donors (Lipinski definition) is 1. The minimum atomic E-state index is -0.371. The summed E-state index contributed by atoms with van der Waals surface area (Å²) in [6.45, 7) is 1.36. The van der Waals surface area contributed by atoms with Crippen molar-refractivity contribution in [2.45, 2.75) is 6.42 Å². The number of amides is 1. The summed E-state index contributed by atoms with van der Waals surface area (Å²) in [5.41, 5.74) is 5.00. The fourth-order valence-corrected chi connectivity index (χ4v) is 1.14. The first-order valence-electron chi connectivity index (χ1n) is 5.35. The molecule has 0 aliphatic heterocycles. The summed E-state index contributed by atoms with van der Waals surface area (Å²) in [6.07, 6.45) is 0.214. The van der Waals surface area contributed by atoms with Crippen LogP contribution in [0, 0.1) is 0 Å². The molecule has 0 aromatic heterocycles. The first-order chi connectivity index (χ1) is 8.22. The van der Waals surface area contributed by atoms with E-state index in [1.807, 2.05) is 0 Å². The van der Waals surface area contributed by atoms with Crippen LogP contribution >= 0.6 is 0 Å². The lowest BCUT2D eigenvalue weighted by molar-refractivity contribution is -0.118. The highest BCUT2D eigenvalue weighted by molar-refractivity contribution is 5.73. The third-order valence-corrected chi connectivity index (χ3v) is 2.00. The number of benzene rings is 1. The quantitative estimate of drug-likeness (QED) is 0.686. The number of methoxy groups -OCH3 is 1. The van der Waals surface area contributed by atoms with Crippen molar-refractivity contribution in [3.63, 3.8) is 0 Å². The monoisotopic (exact) mass is 239 g/mol. The van der Waals surface area contributed by atoms with Crippen LogP contribution < -0.4 is 15.2 Å². The van der Waals surface area contributed by atoms with Gasteiger partial charge in [-0.25, -0.2) is 0 Å². The molecule has 0 radical (unpaired) electrons. The first-order valence-corrected chi connectivity index (χ1v) is 5.35. The first kappa shape index (κ1) is 13.3. The highest BCUT2D eigenvalue weighted by Crippen LogP contribution is 2.17. The van der Waals surface area contributed by atoms with Crippen LogP contribution in [0.2, 0.25) is 0 Å². The van der Waals surface area contributed by atoms with Gasteiger partial charge in [0, 0.05) is 7.11 Å². The standard InChI is InChI=1S/C12H17NO4/c1-15-8-9-17-11-4-2-10(3-5-11)16-7-6-12(13)14/h2-5H,6-9H2,1H3,(H2,13,14). The van der Waals surface area contributed by atoms with Crippen LogP contribution in [0.5, 0.6) is 11.5 Å². The Morgan fingerprint density at radius 3 is 2.06 bits per heavy atom. The van der Waals surface area contributed by atoms with E-state index in [9.17, 15) is 4.79 Å². The van der Waals surface area contributed by atoms with E-state index in [4.69, 9.17) is 19.9 Å². The fraction of sp³-hybridized carbons (Fsp3) is 0.417. The molecular weight excluding hydrogens is 222 g/mol. The van der Waals surface area contributed by atoms with Gasteiger partial charge in [0.25, 0.3) is 0 Å². The summed E-state index contributed by atoms with van der Waals surface area (Å²) >= 11 is 0. The SMILES string of the molecule is COCCOc1ccc(OCCC(N)=O)cc1. The van der Waals surface area contributed by atoms with E-state index in [2.05, 4.69) is 0 Å². The van der Waals surface area contributed by atoms with Gasteiger partial charge in [0.2, 0.25) is 5.91 Å². The van der Waals surface area contributed by atoms with Gasteiger partial charge in [0.15, 0.2) is 0 Å². The molecule has 94 valence electrons. The molecule has 0 aliphatic carbocycles. The maximum Gasteiger partial charge on any atom is 0.220 e. The Hall–Kier alpha value is -1.75. The second kappa shape index (κ2) is 7.51.